The van der Waals surface area contributed by atoms with Crippen LogP contribution in [0.4, 0.5) is 0 Å². The predicted molar refractivity (Wildman–Crippen MR) is 63.9 cm³/mol. The Kier molecular flexibility index (Phi) is 3.49. The Hall–Kier alpha value is -1.75. The monoisotopic (exact) mass is 232 g/mol. The molecular formula is C12H16N4O. The van der Waals surface area contributed by atoms with E-state index in [-0.39, 0.29) is 5.92 Å². The first-order chi connectivity index (χ1) is 8.24. The van der Waals surface area contributed by atoms with Gasteiger partial charge in [0, 0.05) is 5.92 Å². The molecule has 0 saturated heterocycles. The summed E-state index contributed by atoms with van der Waals surface area (Å²) in [5.41, 5.74) is 0.905. The molecule has 2 rings (SSSR count). The highest BCUT2D eigenvalue weighted by molar-refractivity contribution is 5.31. The van der Waals surface area contributed by atoms with Gasteiger partial charge in [0.1, 0.15) is 0 Å². The fourth-order valence-corrected chi connectivity index (χ4v) is 1.76. The number of rotatable bonds is 4. The van der Waals surface area contributed by atoms with Crippen LogP contribution in [0.25, 0.3) is 5.69 Å². The van der Waals surface area contributed by atoms with E-state index in [0.29, 0.717) is 12.2 Å². The zero-order valence-electron chi connectivity index (χ0n) is 9.98. The van der Waals surface area contributed by atoms with E-state index in [1.807, 2.05) is 44.2 Å². The summed E-state index contributed by atoms with van der Waals surface area (Å²) in [6.07, 6.45) is 0.256. The molecule has 1 heterocycles. The van der Waals surface area contributed by atoms with Crippen LogP contribution in [-0.4, -0.2) is 31.4 Å². The first-order valence-corrected chi connectivity index (χ1v) is 5.75. The smallest absolute Gasteiger partial charge is 0.162 e. The molecule has 1 N–H and O–H groups in total. The van der Waals surface area contributed by atoms with E-state index in [2.05, 4.69) is 15.5 Å². The molecule has 5 heteroatoms. The van der Waals surface area contributed by atoms with Gasteiger partial charge in [0.15, 0.2) is 5.82 Å². The molecule has 17 heavy (non-hydrogen) atoms. The van der Waals surface area contributed by atoms with Gasteiger partial charge < -0.3 is 5.11 Å². The highest BCUT2D eigenvalue weighted by Gasteiger charge is 2.21. The molecule has 0 bridgehead atoms. The Labute approximate surface area is 100 Å². The minimum Gasteiger partial charge on any atom is -0.392 e. The second-order valence-electron chi connectivity index (χ2n) is 4.05. The lowest BCUT2D eigenvalue weighted by atomic mass is 10.0. The molecule has 0 saturated carbocycles. The van der Waals surface area contributed by atoms with E-state index in [4.69, 9.17) is 0 Å². The van der Waals surface area contributed by atoms with Crippen molar-refractivity contribution in [3.8, 4) is 5.69 Å². The van der Waals surface area contributed by atoms with E-state index in [9.17, 15) is 5.11 Å². The average Bonchev–Trinajstić information content (AvgIpc) is 2.87. The van der Waals surface area contributed by atoms with Crippen LogP contribution >= 0.6 is 0 Å². The molecule has 2 aromatic rings. The van der Waals surface area contributed by atoms with Crippen LogP contribution in [-0.2, 0) is 0 Å². The summed E-state index contributed by atoms with van der Waals surface area (Å²) < 4.78 is 1.67. The van der Waals surface area contributed by atoms with Gasteiger partial charge in [-0.1, -0.05) is 32.0 Å². The molecule has 0 radical (unpaired) electrons. The van der Waals surface area contributed by atoms with Crippen molar-refractivity contribution in [1.82, 2.24) is 20.2 Å². The van der Waals surface area contributed by atoms with E-state index in [1.54, 1.807) is 4.68 Å². The zero-order valence-corrected chi connectivity index (χ0v) is 9.98. The minimum atomic E-state index is -0.427. The summed E-state index contributed by atoms with van der Waals surface area (Å²) in [6, 6.07) is 9.68. The van der Waals surface area contributed by atoms with Gasteiger partial charge in [-0.05, 0) is 29.0 Å². The zero-order chi connectivity index (χ0) is 12.3. The van der Waals surface area contributed by atoms with Crippen LogP contribution in [0.2, 0.25) is 0 Å². The van der Waals surface area contributed by atoms with Gasteiger partial charge in [-0.2, -0.15) is 4.68 Å². The maximum absolute atomic E-state index is 9.86. The number of nitrogens with zero attached hydrogens (tertiary/aromatic N) is 4. The first-order valence-electron chi connectivity index (χ1n) is 5.75. The van der Waals surface area contributed by atoms with E-state index in [0.717, 1.165) is 5.69 Å². The lowest BCUT2D eigenvalue weighted by Gasteiger charge is -2.16. The second-order valence-corrected chi connectivity index (χ2v) is 4.05. The van der Waals surface area contributed by atoms with Crippen molar-refractivity contribution in [2.45, 2.75) is 32.3 Å². The third-order valence-corrected chi connectivity index (χ3v) is 2.90. The molecule has 1 aromatic carbocycles. The maximum Gasteiger partial charge on any atom is 0.162 e. The van der Waals surface area contributed by atoms with Crippen LogP contribution in [0.15, 0.2) is 30.3 Å². The molecule has 0 aliphatic rings. The first kappa shape index (κ1) is 11.7. The highest BCUT2D eigenvalue weighted by atomic mass is 16.3. The van der Waals surface area contributed by atoms with Crippen molar-refractivity contribution in [2.75, 3.05) is 0 Å². The van der Waals surface area contributed by atoms with Gasteiger partial charge in [0.05, 0.1) is 11.8 Å². The Morgan fingerprint density at radius 3 is 2.65 bits per heavy atom. The number of aliphatic hydroxyl groups excluding tert-OH is 1. The quantitative estimate of drug-likeness (QED) is 0.868. The van der Waals surface area contributed by atoms with Crippen LogP contribution in [0, 0.1) is 0 Å². The summed E-state index contributed by atoms with van der Waals surface area (Å²) in [7, 11) is 0. The van der Waals surface area contributed by atoms with Crippen molar-refractivity contribution >= 4 is 0 Å². The highest BCUT2D eigenvalue weighted by Crippen LogP contribution is 2.20. The van der Waals surface area contributed by atoms with Gasteiger partial charge in [0.25, 0.3) is 0 Å². The Balaban J connectivity index is 2.35. The second kappa shape index (κ2) is 5.05. The Morgan fingerprint density at radius 1 is 1.29 bits per heavy atom. The summed E-state index contributed by atoms with van der Waals surface area (Å²) in [6.45, 7) is 3.87. The average molecular weight is 232 g/mol. The van der Waals surface area contributed by atoms with Crippen molar-refractivity contribution in [3.63, 3.8) is 0 Å². The molecule has 0 spiro atoms. The summed E-state index contributed by atoms with van der Waals surface area (Å²) in [5, 5.41) is 21.5. The van der Waals surface area contributed by atoms with Gasteiger partial charge in [-0.25, -0.2) is 0 Å². The normalized spacial score (nSPS) is 14.5. The fraction of sp³-hybridized carbons (Fsp3) is 0.417. The van der Waals surface area contributed by atoms with Crippen LogP contribution in [0.5, 0.6) is 0 Å². The number of aromatic nitrogens is 4. The lowest BCUT2D eigenvalue weighted by molar-refractivity contribution is 0.141. The van der Waals surface area contributed by atoms with Crippen molar-refractivity contribution in [1.29, 1.82) is 0 Å². The Morgan fingerprint density at radius 2 is 2.00 bits per heavy atom. The summed E-state index contributed by atoms with van der Waals surface area (Å²) in [4.78, 5) is 0. The van der Waals surface area contributed by atoms with Crippen LogP contribution in [0.3, 0.4) is 0 Å². The topological polar surface area (TPSA) is 63.8 Å². The summed E-state index contributed by atoms with van der Waals surface area (Å²) in [5.74, 6) is 0.598. The van der Waals surface area contributed by atoms with Crippen molar-refractivity contribution < 1.29 is 5.11 Å². The fourth-order valence-electron chi connectivity index (χ4n) is 1.76. The number of hydrogen-bond acceptors (Lipinski definition) is 4. The van der Waals surface area contributed by atoms with Crippen molar-refractivity contribution in [3.05, 3.63) is 36.2 Å². The number of benzene rings is 1. The lowest BCUT2D eigenvalue weighted by Crippen LogP contribution is -2.18. The largest absolute Gasteiger partial charge is 0.392 e. The number of tetrazole rings is 1. The third-order valence-electron chi connectivity index (χ3n) is 2.90. The maximum atomic E-state index is 9.86. The van der Waals surface area contributed by atoms with Crippen LogP contribution in [0.1, 0.15) is 32.0 Å². The SMILES string of the molecule is CCC(O)C(C)c1nnnn1-c1ccccc1. The number of hydrogen-bond donors (Lipinski definition) is 1. The minimum absolute atomic E-state index is 0.0878. The molecule has 90 valence electrons. The van der Waals surface area contributed by atoms with Crippen LogP contribution < -0.4 is 0 Å². The molecular weight excluding hydrogens is 216 g/mol. The van der Waals surface area contributed by atoms with E-state index >= 15 is 0 Å². The standard InChI is InChI=1S/C12H16N4O/c1-3-11(17)9(2)12-13-14-15-16(12)10-7-5-4-6-8-10/h4-9,11,17H,3H2,1-2H3. The third kappa shape index (κ3) is 2.34. The summed E-state index contributed by atoms with van der Waals surface area (Å²) >= 11 is 0. The van der Waals surface area contributed by atoms with Gasteiger partial charge in [-0.15, -0.1) is 5.10 Å². The van der Waals surface area contributed by atoms with Crippen molar-refractivity contribution in [2.24, 2.45) is 0 Å². The molecule has 0 aliphatic heterocycles. The van der Waals surface area contributed by atoms with E-state index < -0.39 is 6.10 Å². The number of aliphatic hydroxyl groups is 1. The number of para-hydroxylation sites is 1. The molecule has 1 aromatic heterocycles. The van der Waals surface area contributed by atoms with Gasteiger partial charge in [-0.3, -0.25) is 0 Å². The Bertz CT molecular complexity index is 468. The molecule has 0 amide bonds. The molecule has 0 aliphatic carbocycles. The van der Waals surface area contributed by atoms with E-state index in [1.165, 1.54) is 0 Å². The van der Waals surface area contributed by atoms with Gasteiger partial charge >= 0.3 is 0 Å². The molecule has 0 fully saturated rings. The molecule has 5 nitrogen and oxygen atoms in total. The molecule has 2 unspecified atom stereocenters. The van der Waals surface area contributed by atoms with Gasteiger partial charge in [0.2, 0.25) is 0 Å². The predicted octanol–water partition coefficient (Wildman–Crippen LogP) is 1.54. The molecule has 2 atom stereocenters.